The van der Waals surface area contributed by atoms with E-state index in [1.54, 1.807) is 0 Å². The summed E-state index contributed by atoms with van der Waals surface area (Å²) in [6, 6.07) is 2.42. The first-order chi connectivity index (χ1) is 7.66. The van der Waals surface area contributed by atoms with Gasteiger partial charge in [0.2, 0.25) is 0 Å². The van der Waals surface area contributed by atoms with E-state index in [1.165, 1.54) is 6.42 Å². The quantitative estimate of drug-likeness (QED) is 0.799. The Morgan fingerprint density at radius 2 is 1.94 bits per heavy atom. The van der Waals surface area contributed by atoms with Gasteiger partial charge in [-0.15, -0.1) is 0 Å². The molecule has 0 heterocycles. The van der Waals surface area contributed by atoms with Gasteiger partial charge in [0.05, 0.1) is 23.2 Å². The average Bonchev–Trinajstić information content (AvgIpc) is 2.28. The van der Waals surface area contributed by atoms with E-state index in [0.717, 1.165) is 25.7 Å². The Kier molecular flexibility index (Phi) is 3.23. The summed E-state index contributed by atoms with van der Waals surface area (Å²) < 4.78 is 5.48. The number of nitrogens with zero attached hydrogens (tertiary/aromatic N) is 1. The van der Waals surface area contributed by atoms with E-state index in [1.807, 2.05) is 6.92 Å². The zero-order chi connectivity index (χ0) is 11.6. The lowest BCUT2D eigenvalue weighted by atomic mass is 9.55. The molecule has 0 spiro atoms. The summed E-state index contributed by atoms with van der Waals surface area (Å²) in [7, 11) is 0. The summed E-state index contributed by atoms with van der Waals surface area (Å²) in [5.41, 5.74) is -1.26. The highest BCUT2D eigenvalue weighted by Gasteiger charge is 2.58. The molecular weight excluding hydrogens is 202 g/mol. The van der Waals surface area contributed by atoms with Gasteiger partial charge in [-0.25, -0.2) is 0 Å². The summed E-state index contributed by atoms with van der Waals surface area (Å²) in [6.07, 6.45) is 6.54. The Morgan fingerprint density at radius 3 is 2.44 bits per heavy atom. The molecule has 0 unspecified atom stereocenters. The molecule has 3 nitrogen and oxygen atoms in total. The zero-order valence-corrected chi connectivity index (χ0v) is 10.0. The highest BCUT2D eigenvalue weighted by Crippen LogP contribution is 2.54. The van der Waals surface area contributed by atoms with E-state index < -0.39 is 11.0 Å². The van der Waals surface area contributed by atoms with Crippen molar-refractivity contribution in [1.82, 2.24) is 0 Å². The first kappa shape index (κ1) is 11.9. The number of hydrogen-bond acceptors (Lipinski definition) is 3. The van der Waals surface area contributed by atoms with Gasteiger partial charge in [0, 0.05) is 19.4 Å². The van der Waals surface area contributed by atoms with Crippen LogP contribution in [0.15, 0.2) is 0 Å². The Bertz CT molecular complexity index is 283. The van der Waals surface area contributed by atoms with Gasteiger partial charge in [-0.05, 0) is 19.8 Å². The molecule has 2 rings (SSSR count). The minimum Gasteiger partial charge on any atom is -0.388 e. The van der Waals surface area contributed by atoms with Crippen LogP contribution in [0.25, 0.3) is 0 Å². The number of ether oxygens (including phenoxy) is 1. The van der Waals surface area contributed by atoms with Gasteiger partial charge >= 0.3 is 0 Å². The van der Waals surface area contributed by atoms with Crippen LogP contribution in [0.5, 0.6) is 0 Å². The van der Waals surface area contributed by atoms with Crippen molar-refractivity contribution in [2.45, 2.75) is 63.6 Å². The number of aliphatic hydroxyl groups is 1. The van der Waals surface area contributed by atoms with Crippen LogP contribution in [-0.2, 0) is 4.74 Å². The van der Waals surface area contributed by atoms with Gasteiger partial charge < -0.3 is 9.84 Å². The largest absolute Gasteiger partial charge is 0.388 e. The molecule has 0 saturated heterocycles. The van der Waals surface area contributed by atoms with E-state index in [9.17, 15) is 10.4 Å². The fourth-order valence-electron chi connectivity index (χ4n) is 3.27. The van der Waals surface area contributed by atoms with Gasteiger partial charge in [0.15, 0.2) is 0 Å². The second-order valence-electron chi connectivity index (χ2n) is 5.27. The topological polar surface area (TPSA) is 53.2 Å². The maximum atomic E-state index is 10.6. The lowest BCUT2D eigenvalue weighted by Gasteiger charge is -2.53. The summed E-state index contributed by atoms with van der Waals surface area (Å²) in [6.45, 7) is 2.67. The monoisotopic (exact) mass is 223 g/mol. The third-order valence-electron chi connectivity index (χ3n) is 4.34. The molecule has 0 aromatic rings. The van der Waals surface area contributed by atoms with E-state index in [0.29, 0.717) is 19.4 Å². The van der Waals surface area contributed by atoms with Gasteiger partial charge in [-0.2, -0.15) is 5.26 Å². The normalized spacial score (nSPS) is 37.4. The predicted octanol–water partition coefficient (Wildman–Crippen LogP) is 2.39. The maximum Gasteiger partial charge on any atom is 0.0882 e. The number of rotatable bonds is 3. The van der Waals surface area contributed by atoms with Crippen molar-refractivity contribution in [3.63, 3.8) is 0 Å². The van der Waals surface area contributed by atoms with Crippen LogP contribution < -0.4 is 0 Å². The smallest absolute Gasteiger partial charge is 0.0882 e. The Morgan fingerprint density at radius 1 is 1.31 bits per heavy atom. The summed E-state index contributed by atoms with van der Waals surface area (Å²) in [5, 5.41) is 20.0. The number of hydrogen-bond donors (Lipinski definition) is 1. The third kappa shape index (κ3) is 1.74. The van der Waals surface area contributed by atoms with Gasteiger partial charge in [-0.1, -0.05) is 19.3 Å². The standard InChI is InChI=1S/C13H21NO2/c1-2-16-11-8-13(15,9-11)12(10-14)6-4-3-5-7-12/h11,15H,2-9H2,1H3. The van der Waals surface area contributed by atoms with Crippen molar-refractivity contribution in [3.05, 3.63) is 0 Å². The van der Waals surface area contributed by atoms with E-state index >= 15 is 0 Å². The van der Waals surface area contributed by atoms with Crippen LogP contribution >= 0.6 is 0 Å². The predicted molar refractivity (Wildman–Crippen MR) is 60.7 cm³/mol. The zero-order valence-electron chi connectivity index (χ0n) is 10.0. The molecule has 2 aliphatic carbocycles. The molecule has 0 aromatic carbocycles. The highest BCUT2D eigenvalue weighted by atomic mass is 16.5. The van der Waals surface area contributed by atoms with Gasteiger partial charge in [0.25, 0.3) is 0 Å². The minimum atomic E-state index is -0.776. The van der Waals surface area contributed by atoms with Crippen LogP contribution in [0.4, 0.5) is 0 Å². The van der Waals surface area contributed by atoms with Crippen molar-refractivity contribution in [2.75, 3.05) is 6.61 Å². The van der Waals surface area contributed by atoms with Crippen LogP contribution in [-0.4, -0.2) is 23.4 Å². The van der Waals surface area contributed by atoms with Crippen molar-refractivity contribution in [3.8, 4) is 6.07 Å². The molecule has 3 heteroatoms. The van der Waals surface area contributed by atoms with Crippen LogP contribution in [0.3, 0.4) is 0 Å². The molecule has 16 heavy (non-hydrogen) atoms. The lowest BCUT2D eigenvalue weighted by Crippen LogP contribution is -2.59. The first-order valence-electron chi connectivity index (χ1n) is 6.41. The van der Waals surface area contributed by atoms with Crippen LogP contribution in [0.1, 0.15) is 51.9 Å². The fourth-order valence-corrected chi connectivity index (χ4v) is 3.27. The first-order valence-corrected chi connectivity index (χ1v) is 6.41. The van der Waals surface area contributed by atoms with Crippen LogP contribution in [0.2, 0.25) is 0 Å². The molecule has 2 aliphatic rings. The molecule has 0 aliphatic heterocycles. The molecule has 1 N–H and O–H groups in total. The van der Waals surface area contributed by atoms with Crippen molar-refractivity contribution >= 4 is 0 Å². The summed E-state index contributed by atoms with van der Waals surface area (Å²) in [5.74, 6) is 0. The SMILES string of the molecule is CCOC1CC(O)(C2(C#N)CCCCC2)C1. The molecule has 0 aromatic heterocycles. The van der Waals surface area contributed by atoms with Gasteiger partial charge in [0.1, 0.15) is 0 Å². The average molecular weight is 223 g/mol. The molecule has 0 radical (unpaired) electrons. The van der Waals surface area contributed by atoms with E-state index in [4.69, 9.17) is 4.74 Å². The fraction of sp³-hybridized carbons (Fsp3) is 0.923. The molecule has 90 valence electrons. The van der Waals surface area contributed by atoms with E-state index in [2.05, 4.69) is 6.07 Å². The van der Waals surface area contributed by atoms with Crippen molar-refractivity contribution < 1.29 is 9.84 Å². The second-order valence-corrected chi connectivity index (χ2v) is 5.27. The van der Waals surface area contributed by atoms with Crippen molar-refractivity contribution in [1.29, 1.82) is 5.26 Å². The Balaban J connectivity index is 2.03. The molecule has 2 fully saturated rings. The minimum absolute atomic E-state index is 0.169. The summed E-state index contributed by atoms with van der Waals surface area (Å²) in [4.78, 5) is 0. The summed E-state index contributed by atoms with van der Waals surface area (Å²) >= 11 is 0. The molecule has 0 atom stereocenters. The number of nitriles is 1. The second kappa shape index (κ2) is 4.35. The molecule has 2 saturated carbocycles. The molecular formula is C13H21NO2. The Labute approximate surface area is 97.4 Å². The van der Waals surface area contributed by atoms with Crippen LogP contribution in [0, 0.1) is 16.7 Å². The molecule has 0 bridgehead atoms. The van der Waals surface area contributed by atoms with Crippen molar-refractivity contribution in [2.24, 2.45) is 5.41 Å². The van der Waals surface area contributed by atoms with Gasteiger partial charge in [-0.3, -0.25) is 0 Å². The molecule has 0 amide bonds. The highest BCUT2D eigenvalue weighted by molar-refractivity contribution is 5.17. The van der Waals surface area contributed by atoms with E-state index in [-0.39, 0.29) is 6.10 Å². The lowest BCUT2D eigenvalue weighted by molar-refractivity contribution is -0.193. The Hall–Kier alpha value is -0.590. The third-order valence-corrected chi connectivity index (χ3v) is 4.34. The maximum absolute atomic E-state index is 10.6.